The minimum atomic E-state index is -0.697. The molecule has 3 amide bonds. The summed E-state index contributed by atoms with van der Waals surface area (Å²) in [5, 5.41) is 2.98. The maximum absolute atomic E-state index is 13.2. The highest BCUT2D eigenvalue weighted by molar-refractivity contribution is 6.31. The molecule has 2 heterocycles. The Morgan fingerprint density at radius 1 is 1.13 bits per heavy atom. The van der Waals surface area contributed by atoms with Gasteiger partial charge in [-0.1, -0.05) is 29.8 Å². The number of piperazine rings is 1. The number of urea groups is 1. The zero-order valence-electron chi connectivity index (χ0n) is 16.9. The molecule has 2 aromatic carbocycles. The minimum absolute atomic E-state index is 0.0710. The largest absolute Gasteiger partial charge is 0.351 e. The van der Waals surface area contributed by atoms with E-state index in [4.69, 9.17) is 17.3 Å². The Bertz CT molecular complexity index is 997. The van der Waals surface area contributed by atoms with E-state index in [0.717, 1.165) is 24.9 Å². The van der Waals surface area contributed by atoms with Crippen molar-refractivity contribution < 1.29 is 14.0 Å². The van der Waals surface area contributed by atoms with E-state index in [1.807, 2.05) is 17.0 Å². The van der Waals surface area contributed by atoms with Crippen LogP contribution >= 0.6 is 11.6 Å². The maximum atomic E-state index is 13.2. The van der Waals surface area contributed by atoms with Gasteiger partial charge in [-0.15, -0.1) is 0 Å². The topological polar surface area (TPSA) is 78.7 Å². The number of benzene rings is 2. The Balaban J connectivity index is 1.41. The number of carbonyl (C=O) groups excluding carboxylic acids is 2. The number of nitrogens with two attached hydrogens (primary N) is 1. The van der Waals surface area contributed by atoms with E-state index < -0.39 is 6.03 Å². The number of anilines is 1. The number of rotatable bonds is 5. The normalized spacial score (nSPS) is 20.9. The van der Waals surface area contributed by atoms with Crippen LogP contribution in [0.4, 0.5) is 14.9 Å². The third-order valence-corrected chi connectivity index (χ3v) is 6.14. The van der Waals surface area contributed by atoms with Crippen molar-refractivity contribution in [1.29, 1.82) is 0 Å². The van der Waals surface area contributed by atoms with Gasteiger partial charge in [0, 0.05) is 42.8 Å². The maximum Gasteiger partial charge on any atom is 0.316 e. The van der Waals surface area contributed by atoms with Gasteiger partial charge in [0.05, 0.1) is 5.69 Å². The van der Waals surface area contributed by atoms with Crippen LogP contribution in [0.15, 0.2) is 48.5 Å². The van der Waals surface area contributed by atoms with Crippen molar-refractivity contribution in [3.05, 3.63) is 70.5 Å². The summed E-state index contributed by atoms with van der Waals surface area (Å²) in [7, 11) is 0. The first kappa shape index (κ1) is 21.3. The second-order valence-electron chi connectivity index (χ2n) is 7.98. The van der Waals surface area contributed by atoms with Crippen LogP contribution in [-0.4, -0.2) is 46.9 Å². The van der Waals surface area contributed by atoms with Crippen molar-refractivity contribution in [3.63, 3.8) is 0 Å². The van der Waals surface area contributed by atoms with Gasteiger partial charge in [0.25, 0.3) is 0 Å². The summed E-state index contributed by atoms with van der Waals surface area (Å²) in [6.45, 7) is 2.09. The van der Waals surface area contributed by atoms with Gasteiger partial charge in [0.15, 0.2) is 0 Å². The Hall–Kier alpha value is -2.90. The third-order valence-electron chi connectivity index (χ3n) is 5.90. The molecule has 0 spiro atoms. The van der Waals surface area contributed by atoms with Gasteiger partial charge in [-0.3, -0.25) is 9.69 Å². The molecule has 2 bridgehead atoms. The van der Waals surface area contributed by atoms with Crippen molar-refractivity contribution >= 4 is 35.3 Å². The monoisotopic (exact) mass is 442 g/mol. The Labute approximate surface area is 185 Å². The van der Waals surface area contributed by atoms with E-state index in [2.05, 4.69) is 10.2 Å². The number of nitrogens with zero attached hydrogens (tertiary/aromatic N) is 2. The van der Waals surface area contributed by atoms with E-state index in [1.165, 1.54) is 18.2 Å². The molecule has 0 aromatic heterocycles. The predicted molar refractivity (Wildman–Crippen MR) is 119 cm³/mol. The molecule has 2 fully saturated rings. The summed E-state index contributed by atoms with van der Waals surface area (Å²) in [4.78, 5) is 28.4. The number of halogens is 2. The van der Waals surface area contributed by atoms with Gasteiger partial charge in [-0.05, 0) is 54.3 Å². The lowest BCUT2D eigenvalue weighted by atomic mass is 10.1. The lowest BCUT2D eigenvalue weighted by Gasteiger charge is -2.40. The molecule has 2 aromatic rings. The van der Waals surface area contributed by atoms with Crippen molar-refractivity contribution in [1.82, 2.24) is 9.80 Å². The molecule has 6 nitrogen and oxygen atoms in total. The summed E-state index contributed by atoms with van der Waals surface area (Å²) in [5.74, 6) is -0.304. The fraction of sp³-hybridized carbons (Fsp3) is 0.304. The zero-order chi connectivity index (χ0) is 22.0. The van der Waals surface area contributed by atoms with E-state index in [1.54, 1.807) is 24.3 Å². The highest BCUT2D eigenvalue weighted by Crippen LogP contribution is 2.32. The summed E-state index contributed by atoms with van der Waals surface area (Å²) >= 11 is 5.99. The Morgan fingerprint density at radius 3 is 2.45 bits per heavy atom. The first-order chi connectivity index (χ1) is 14.9. The summed E-state index contributed by atoms with van der Waals surface area (Å²) in [6, 6.07) is 11.5. The zero-order valence-corrected chi connectivity index (χ0v) is 17.7. The number of nitrogens with one attached hydrogen (secondary N) is 1. The number of likely N-dealkylation sites (tertiary alicyclic amines) is 1. The molecular weight excluding hydrogens is 419 g/mol. The standard InChI is InChI=1S/C23H24ClFN4O2/c24-17-5-3-16(21(11-17)27-23(26)31)4-10-22(30)28-13-19-8-9-20(14-28)29(19)12-15-1-6-18(25)7-2-15/h1-7,10-11,19-20H,8-9,12-14H2,(H3,26,27,31)/b10-4+. The molecule has 4 rings (SSSR count). The van der Waals surface area contributed by atoms with Crippen molar-refractivity contribution in [3.8, 4) is 0 Å². The number of fused-ring (bicyclic) bond motifs is 2. The predicted octanol–water partition coefficient (Wildman–Crippen LogP) is 3.86. The Kier molecular flexibility index (Phi) is 6.25. The first-order valence-electron chi connectivity index (χ1n) is 10.2. The van der Waals surface area contributed by atoms with Crippen LogP contribution in [0.3, 0.4) is 0 Å². The highest BCUT2D eigenvalue weighted by Gasteiger charge is 2.40. The quantitative estimate of drug-likeness (QED) is 0.690. The fourth-order valence-corrected chi connectivity index (χ4v) is 4.58. The third kappa shape index (κ3) is 5.06. The van der Waals surface area contributed by atoms with E-state index in [-0.39, 0.29) is 11.7 Å². The summed E-state index contributed by atoms with van der Waals surface area (Å²) < 4.78 is 13.2. The van der Waals surface area contributed by atoms with Gasteiger partial charge in [0.1, 0.15) is 5.82 Å². The van der Waals surface area contributed by atoms with E-state index in [9.17, 15) is 14.0 Å². The molecule has 3 N–H and O–H groups in total. The van der Waals surface area contributed by atoms with Crippen molar-refractivity contribution in [2.75, 3.05) is 18.4 Å². The smallest absolute Gasteiger partial charge is 0.316 e. The second-order valence-corrected chi connectivity index (χ2v) is 8.42. The van der Waals surface area contributed by atoms with Crippen LogP contribution in [0, 0.1) is 5.82 Å². The average Bonchev–Trinajstić information content (AvgIpc) is 2.95. The average molecular weight is 443 g/mol. The molecule has 31 heavy (non-hydrogen) atoms. The molecule has 0 aliphatic carbocycles. The van der Waals surface area contributed by atoms with E-state index >= 15 is 0 Å². The lowest BCUT2D eigenvalue weighted by Crippen LogP contribution is -2.54. The Morgan fingerprint density at radius 2 is 1.81 bits per heavy atom. The molecule has 2 aliphatic heterocycles. The molecule has 2 saturated heterocycles. The van der Waals surface area contributed by atoms with Crippen LogP contribution in [0.5, 0.6) is 0 Å². The number of carbonyl (C=O) groups is 2. The van der Waals surface area contributed by atoms with Gasteiger partial charge in [-0.2, -0.15) is 0 Å². The number of hydrogen-bond acceptors (Lipinski definition) is 3. The molecule has 2 atom stereocenters. The molecule has 2 unspecified atom stereocenters. The summed E-state index contributed by atoms with van der Waals surface area (Å²) in [6.07, 6.45) is 5.27. The number of primary amides is 1. The molecular formula is C23H24ClFN4O2. The number of hydrogen-bond donors (Lipinski definition) is 2. The van der Waals surface area contributed by atoms with Crippen LogP contribution in [0.2, 0.25) is 5.02 Å². The first-order valence-corrected chi connectivity index (χ1v) is 10.6. The number of amides is 3. The van der Waals surface area contributed by atoms with Crippen molar-refractivity contribution in [2.45, 2.75) is 31.5 Å². The van der Waals surface area contributed by atoms with Gasteiger partial charge >= 0.3 is 6.03 Å². The van der Waals surface area contributed by atoms with Gasteiger partial charge in [-0.25, -0.2) is 9.18 Å². The van der Waals surface area contributed by atoms with E-state index in [0.29, 0.717) is 41.4 Å². The van der Waals surface area contributed by atoms with Crippen LogP contribution < -0.4 is 11.1 Å². The lowest BCUT2D eigenvalue weighted by molar-refractivity contribution is -0.129. The van der Waals surface area contributed by atoms with Gasteiger partial charge < -0.3 is 16.0 Å². The van der Waals surface area contributed by atoms with Crippen LogP contribution in [0.25, 0.3) is 6.08 Å². The second kappa shape index (κ2) is 9.08. The van der Waals surface area contributed by atoms with Crippen molar-refractivity contribution in [2.24, 2.45) is 5.73 Å². The minimum Gasteiger partial charge on any atom is -0.351 e. The van der Waals surface area contributed by atoms with Gasteiger partial charge in [0.2, 0.25) is 5.91 Å². The molecule has 0 saturated carbocycles. The SMILES string of the molecule is NC(=O)Nc1cc(Cl)ccc1/C=C/C(=O)N1CC2CCC(C1)N2Cc1ccc(F)cc1. The molecule has 2 aliphatic rings. The van der Waals surface area contributed by atoms with Crippen LogP contribution in [0.1, 0.15) is 24.0 Å². The summed E-state index contributed by atoms with van der Waals surface area (Å²) in [5.41, 5.74) is 7.39. The molecule has 0 radical (unpaired) electrons. The molecule has 162 valence electrons. The molecule has 8 heteroatoms. The highest BCUT2D eigenvalue weighted by atomic mass is 35.5. The fourth-order valence-electron chi connectivity index (χ4n) is 4.41. The van der Waals surface area contributed by atoms with Crippen LogP contribution in [-0.2, 0) is 11.3 Å².